The summed E-state index contributed by atoms with van der Waals surface area (Å²) in [6.45, 7) is 8.30. The van der Waals surface area contributed by atoms with Gasteiger partial charge in [0.25, 0.3) is 0 Å². The Morgan fingerprint density at radius 3 is 2.40 bits per heavy atom. The van der Waals surface area contributed by atoms with Crippen LogP contribution in [-0.2, 0) is 11.2 Å². The summed E-state index contributed by atoms with van der Waals surface area (Å²) in [5.41, 5.74) is 1.29. The molecule has 0 radical (unpaired) electrons. The molecule has 1 aromatic carbocycles. The Labute approximate surface area is 123 Å². The zero-order chi connectivity index (χ0) is 14.8. The Bertz CT molecular complexity index is 349. The third-order valence-corrected chi connectivity index (χ3v) is 3.20. The monoisotopic (exact) mass is 279 g/mol. The highest BCUT2D eigenvalue weighted by Gasteiger charge is 2.04. The van der Waals surface area contributed by atoms with Gasteiger partial charge in [-0.15, -0.1) is 0 Å². The average molecular weight is 279 g/mol. The van der Waals surface area contributed by atoms with Crippen LogP contribution in [0.4, 0.5) is 0 Å². The fourth-order valence-corrected chi connectivity index (χ4v) is 2.03. The highest BCUT2D eigenvalue weighted by atomic mass is 16.5. The lowest BCUT2D eigenvalue weighted by Crippen LogP contribution is -2.25. The molecule has 0 aromatic heterocycles. The SMILES string of the molecule is COCCc1ccc(OC(C)CCCNC(C)C)cc1. The van der Waals surface area contributed by atoms with E-state index in [1.807, 2.05) is 12.1 Å². The molecule has 3 nitrogen and oxygen atoms in total. The maximum Gasteiger partial charge on any atom is 0.119 e. The molecule has 0 spiro atoms. The summed E-state index contributed by atoms with van der Waals surface area (Å²) < 4.78 is 11.0. The fraction of sp³-hybridized carbons (Fsp3) is 0.647. The quantitative estimate of drug-likeness (QED) is 0.666. The highest BCUT2D eigenvalue weighted by Crippen LogP contribution is 2.15. The minimum absolute atomic E-state index is 0.258. The third kappa shape index (κ3) is 7.51. The molecule has 3 heteroatoms. The fourth-order valence-electron chi connectivity index (χ4n) is 2.03. The van der Waals surface area contributed by atoms with Crippen LogP contribution in [0.1, 0.15) is 39.2 Å². The van der Waals surface area contributed by atoms with E-state index < -0.39 is 0 Å². The van der Waals surface area contributed by atoms with Crippen LogP contribution in [0.5, 0.6) is 5.75 Å². The molecule has 1 rings (SSSR count). The van der Waals surface area contributed by atoms with E-state index in [4.69, 9.17) is 9.47 Å². The molecule has 1 aromatic rings. The second-order valence-electron chi connectivity index (χ2n) is 5.57. The second kappa shape index (κ2) is 9.78. The highest BCUT2D eigenvalue weighted by molar-refractivity contribution is 5.27. The summed E-state index contributed by atoms with van der Waals surface area (Å²) in [7, 11) is 1.73. The molecule has 1 N–H and O–H groups in total. The summed E-state index contributed by atoms with van der Waals surface area (Å²) in [6, 6.07) is 8.88. The van der Waals surface area contributed by atoms with Crippen LogP contribution in [0.25, 0.3) is 0 Å². The summed E-state index contributed by atoms with van der Waals surface area (Å²) in [5.74, 6) is 0.954. The first kappa shape index (κ1) is 17.0. The molecule has 0 amide bonds. The van der Waals surface area contributed by atoms with E-state index in [1.54, 1.807) is 7.11 Å². The molecular weight excluding hydrogens is 250 g/mol. The predicted octanol–water partition coefficient (Wildman–Crippen LogP) is 3.42. The van der Waals surface area contributed by atoms with Gasteiger partial charge in [-0.25, -0.2) is 0 Å². The van der Waals surface area contributed by atoms with Gasteiger partial charge in [0.2, 0.25) is 0 Å². The summed E-state index contributed by atoms with van der Waals surface area (Å²) in [6.07, 6.45) is 3.43. The van der Waals surface area contributed by atoms with Crippen LogP contribution in [0.15, 0.2) is 24.3 Å². The topological polar surface area (TPSA) is 30.5 Å². The van der Waals surface area contributed by atoms with Gasteiger partial charge in [-0.1, -0.05) is 26.0 Å². The van der Waals surface area contributed by atoms with Crippen LogP contribution < -0.4 is 10.1 Å². The molecule has 0 heterocycles. The first-order valence-electron chi connectivity index (χ1n) is 7.59. The lowest BCUT2D eigenvalue weighted by molar-refractivity contribution is 0.201. The first-order chi connectivity index (χ1) is 9.61. The lowest BCUT2D eigenvalue weighted by atomic mass is 10.1. The van der Waals surface area contributed by atoms with Crippen molar-refractivity contribution in [3.8, 4) is 5.75 Å². The number of rotatable bonds is 10. The van der Waals surface area contributed by atoms with Crippen LogP contribution in [0.3, 0.4) is 0 Å². The Hall–Kier alpha value is -1.06. The van der Waals surface area contributed by atoms with Crippen molar-refractivity contribution < 1.29 is 9.47 Å². The van der Waals surface area contributed by atoms with Crippen LogP contribution in [0.2, 0.25) is 0 Å². The van der Waals surface area contributed by atoms with Gasteiger partial charge < -0.3 is 14.8 Å². The van der Waals surface area contributed by atoms with Gasteiger partial charge in [-0.3, -0.25) is 0 Å². The predicted molar refractivity (Wildman–Crippen MR) is 84.5 cm³/mol. The van der Waals surface area contributed by atoms with Gasteiger partial charge >= 0.3 is 0 Å². The van der Waals surface area contributed by atoms with E-state index in [2.05, 4.69) is 38.2 Å². The number of methoxy groups -OCH3 is 1. The maximum absolute atomic E-state index is 5.92. The molecule has 0 aliphatic carbocycles. The molecule has 0 saturated heterocycles. The Kier molecular flexibility index (Phi) is 8.31. The van der Waals surface area contributed by atoms with Gasteiger partial charge in [0.1, 0.15) is 5.75 Å². The summed E-state index contributed by atoms with van der Waals surface area (Å²) >= 11 is 0. The zero-order valence-electron chi connectivity index (χ0n) is 13.3. The van der Waals surface area contributed by atoms with E-state index in [-0.39, 0.29) is 6.10 Å². The first-order valence-corrected chi connectivity index (χ1v) is 7.59. The van der Waals surface area contributed by atoms with Crippen molar-refractivity contribution in [3.05, 3.63) is 29.8 Å². The minimum Gasteiger partial charge on any atom is -0.491 e. The molecule has 0 bridgehead atoms. The van der Waals surface area contributed by atoms with Crippen molar-refractivity contribution in [3.63, 3.8) is 0 Å². The van der Waals surface area contributed by atoms with E-state index >= 15 is 0 Å². The Morgan fingerprint density at radius 1 is 1.10 bits per heavy atom. The molecule has 1 unspecified atom stereocenters. The number of benzene rings is 1. The van der Waals surface area contributed by atoms with Gasteiger partial charge in [-0.2, -0.15) is 0 Å². The number of ether oxygens (including phenoxy) is 2. The van der Waals surface area contributed by atoms with Crippen molar-refractivity contribution >= 4 is 0 Å². The van der Waals surface area contributed by atoms with E-state index in [9.17, 15) is 0 Å². The third-order valence-electron chi connectivity index (χ3n) is 3.20. The second-order valence-corrected chi connectivity index (χ2v) is 5.57. The summed E-state index contributed by atoms with van der Waals surface area (Å²) in [4.78, 5) is 0. The summed E-state index contributed by atoms with van der Waals surface area (Å²) in [5, 5.41) is 3.42. The molecule has 0 saturated carbocycles. The van der Waals surface area contributed by atoms with Gasteiger partial charge in [-0.05, 0) is 50.4 Å². The van der Waals surface area contributed by atoms with Crippen molar-refractivity contribution in [2.75, 3.05) is 20.3 Å². The van der Waals surface area contributed by atoms with Crippen molar-refractivity contribution in [2.45, 2.75) is 52.2 Å². The standard InChI is InChI=1S/C17H29NO2/c1-14(2)18-12-5-6-15(3)20-17-9-7-16(8-10-17)11-13-19-4/h7-10,14-15,18H,5-6,11-13H2,1-4H3. The van der Waals surface area contributed by atoms with E-state index in [0.29, 0.717) is 6.04 Å². The number of nitrogens with one attached hydrogen (secondary N) is 1. The largest absolute Gasteiger partial charge is 0.491 e. The van der Waals surface area contributed by atoms with Gasteiger partial charge in [0.05, 0.1) is 12.7 Å². The molecule has 114 valence electrons. The molecule has 0 fully saturated rings. The van der Waals surface area contributed by atoms with Crippen molar-refractivity contribution in [2.24, 2.45) is 0 Å². The normalized spacial score (nSPS) is 12.7. The molecule has 0 aliphatic heterocycles. The van der Waals surface area contributed by atoms with Gasteiger partial charge in [0, 0.05) is 13.2 Å². The number of hydrogen-bond donors (Lipinski definition) is 1. The number of hydrogen-bond acceptors (Lipinski definition) is 3. The van der Waals surface area contributed by atoms with Crippen LogP contribution in [-0.4, -0.2) is 32.4 Å². The van der Waals surface area contributed by atoms with E-state index in [1.165, 1.54) is 5.56 Å². The van der Waals surface area contributed by atoms with E-state index in [0.717, 1.165) is 38.2 Å². The Morgan fingerprint density at radius 2 is 1.80 bits per heavy atom. The minimum atomic E-state index is 0.258. The molecule has 1 atom stereocenters. The molecule has 20 heavy (non-hydrogen) atoms. The van der Waals surface area contributed by atoms with Crippen LogP contribution >= 0.6 is 0 Å². The smallest absolute Gasteiger partial charge is 0.119 e. The lowest BCUT2D eigenvalue weighted by Gasteiger charge is -2.15. The van der Waals surface area contributed by atoms with Crippen LogP contribution in [0, 0.1) is 0 Å². The van der Waals surface area contributed by atoms with Crippen molar-refractivity contribution in [1.29, 1.82) is 0 Å². The Balaban J connectivity index is 2.25. The maximum atomic E-state index is 5.92. The molecule has 0 aliphatic rings. The van der Waals surface area contributed by atoms with Gasteiger partial charge in [0.15, 0.2) is 0 Å². The average Bonchev–Trinajstić information content (AvgIpc) is 2.43. The molecular formula is C17H29NO2. The zero-order valence-corrected chi connectivity index (χ0v) is 13.3. The van der Waals surface area contributed by atoms with Crippen molar-refractivity contribution in [1.82, 2.24) is 5.32 Å².